The molecule has 2 aliphatic carbocycles. The van der Waals surface area contributed by atoms with Crippen molar-refractivity contribution in [3.63, 3.8) is 0 Å². The Labute approximate surface area is 227 Å². The molecule has 5 rings (SSSR count). The van der Waals surface area contributed by atoms with Crippen molar-refractivity contribution < 1.29 is 0 Å². The van der Waals surface area contributed by atoms with Crippen molar-refractivity contribution in [3.05, 3.63) is 108 Å². The van der Waals surface area contributed by atoms with Gasteiger partial charge in [0.05, 0.1) is 24.0 Å². The molecule has 3 aromatic rings. The van der Waals surface area contributed by atoms with E-state index in [1.807, 2.05) is 102 Å². The Bertz CT molecular complexity index is 1010. The molecule has 0 aliphatic heterocycles. The summed E-state index contributed by atoms with van der Waals surface area (Å²) >= 11 is 0. The van der Waals surface area contributed by atoms with Crippen molar-refractivity contribution in [2.75, 3.05) is 6.54 Å². The minimum absolute atomic E-state index is 0.110. The van der Waals surface area contributed by atoms with Crippen LogP contribution in [0.4, 0.5) is 0 Å². The van der Waals surface area contributed by atoms with E-state index in [9.17, 15) is 0 Å². The number of rotatable bonds is 4. The highest BCUT2D eigenvalue weighted by Gasteiger charge is 2.44. The summed E-state index contributed by atoms with van der Waals surface area (Å²) in [4.78, 5) is 0. The van der Waals surface area contributed by atoms with E-state index in [0.29, 0.717) is 11.8 Å². The molecule has 2 saturated carbocycles. The Hall–Kier alpha value is -3.40. The average molecular weight is 498 g/mol. The molecule has 0 bridgehead atoms. The first kappa shape index (κ1) is 33.6. The zero-order valence-electron chi connectivity index (χ0n) is 23.9. The van der Waals surface area contributed by atoms with Gasteiger partial charge in [0.2, 0.25) is 0 Å². The summed E-state index contributed by atoms with van der Waals surface area (Å²) in [5, 5.41) is 17.1. The maximum Gasteiger partial charge on any atom is 0.0823 e. The van der Waals surface area contributed by atoms with Crippen LogP contribution in [-0.4, -0.2) is 6.54 Å². The van der Waals surface area contributed by atoms with E-state index in [-0.39, 0.29) is 5.41 Å². The van der Waals surface area contributed by atoms with Crippen LogP contribution in [-0.2, 0) is 17.3 Å². The molecule has 0 amide bonds. The third-order valence-corrected chi connectivity index (χ3v) is 6.05. The highest BCUT2D eigenvalue weighted by atomic mass is 14.7. The van der Waals surface area contributed by atoms with Gasteiger partial charge in [0, 0.05) is 12.0 Å². The van der Waals surface area contributed by atoms with Crippen LogP contribution in [0.25, 0.3) is 0 Å². The van der Waals surface area contributed by atoms with Gasteiger partial charge in [-0.3, -0.25) is 0 Å². The lowest BCUT2D eigenvalue weighted by Gasteiger charge is -2.11. The summed E-state index contributed by atoms with van der Waals surface area (Å²) in [6.07, 6.45) is 5.13. The second-order valence-corrected chi connectivity index (χ2v) is 8.23. The molecule has 2 fully saturated rings. The van der Waals surface area contributed by atoms with Crippen molar-refractivity contribution >= 4 is 0 Å². The minimum atomic E-state index is -0.110. The van der Waals surface area contributed by atoms with Crippen molar-refractivity contribution in [2.45, 2.75) is 84.5 Å². The summed E-state index contributed by atoms with van der Waals surface area (Å²) in [6.45, 7) is 12.8. The summed E-state index contributed by atoms with van der Waals surface area (Å²) in [6, 6.07) is 34.8. The third-order valence-electron chi connectivity index (χ3n) is 6.05. The van der Waals surface area contributed by atoms with Gasteiger partial charge >= 0.3 is 0 Å². The molecule has 0 aromatic heterocycles. The molecule has 0 atom stereocenters. The molecule has 37 heavy (non-hydrogen) atoms. The molecule has 198 valence electrons. The molecule has 2 aliphatic rings. The zero-order chi connectivity index (χ0) is 28.0. The highest BCUT2D eigenvalue weighted by Crippen LogP contribution is 2.47. The van der Waals surface area contributed by atoms with Crippen LogP contribution >= 0.6 is 0 Å². The lowest BCUT2D eigenvalue weighted by atomic mass is 9.97. The molecule has 0 radical (unpaired) electrons. The lowest BCUT2D eigenvalue weighted by molar-refractivity contribution is 0.705. The first-order valence-electron chi connectivity index (χ1n) is 13.8. The van der Waals surface area contributed by atoms with Crippen LogP contribution in [0, 0.1) is 22.7 Å². The van der Waals surface area contributed by atoms with Crippen LogP contribution < -0.4 is 5.73 Å². The maximum atomic E-state index is 8.86. The second-order valence-electron chi connectivity index (χ2n) is 8.23. The predicted octanol–water partition coefficient (Wildman–Crippen LogP) is 8.75. The maximum absolute atomic E-state index is 8.86. The monoisotopic (exact) mass is 497 g/mol. The van der Waals surface area contributed by atoms with Gasteiger partial charge in [-0.2, -0.15) is 10.5 Å². The third kappa shape index (κ3) is 11.5. The second kappa shape index (κ2) is 19.7. The van der Waals surface area contributed by atoms with Crippen LogP contribution in [0.1, 0.15) is 83.9 Å². The summed E-state index contributed by atoms with van der Waals surface area (Å²) < 4.78 is 0. The van der Waals surface area contributed by atoms with Gasteiger partial charge < -0.3 is 5.73 Å². The number of nitriles is 2. The number of nitrogens with zero attached hydrogens (tertiary/aromatic N) is 2. The first-order valence-corrected chi connectivity index (χ1v) is 13.8. The van der Waals surface area contributed by atoms with Crippen LogP contribution in [0.5, 0.6) is 0 Å². The molecule has 0 saturated heterocycles. The molecule has 3 heteroatoms. The summed E-state index contributed by atoms with van der Waals surface area (Å²) in [7, 11) is 0. The lowest BCUT2D eigenvalue weighted by Crippen LogP contribution is -2.19. The van der Waals surface area contributed by atoms with E-state index >= 15 is 0 Å². The predicted molar refractivity (Wildman–Crippen MR) is 159 cm³/mol. The van der Waals surface area contributed by atoms with Crippen LogP contribution in [0.15, 0.2) is 91.0 Å². The average Bonchev–Trinajstić information content (AvgIpc) is 3.94. The van der Waals surface area contributed by atoms with Gasteiger partial charge in [0.1, 0.15) is 0 Å². The minimum Gasteiger partial charge on any atom is -0.330 e. The molecule has 2 N–H and O–H groups in total. The largest absolute Gasteiger partial charge is 0.330 e. The van der Waals surface area contributed by atoms with Gasteiger partial charge in [-0.25, -0.2) is 0 Å². The summed E-state index contributed by atoms with van der Waals surface area (Å²) in [5.41, 5.74) is 9.64. The van der Waals surface area contributed by atoms with Gasteiger partial charge in [-0.05, 0) is 42.4 Å². The van der Waals surface area contributed by atoms with E-state index in [1.165, 1.54) is 24.0 Å². The Morgan fingerprint density at radius 1 is 0.622 bits per heavy atom. The van der Waals surface area contributed by atoms with E-state index < -0.39 is 0 Å². The molecule has 0 spiro atoms. The normalized spacial score (nSPS) is 14.0. The fourth-order valence-corrected chi connectivity index (χ4v) is 3.59. The molecular formula is C34H47N3. The first-order chi connectivity index (χ1) is 18.2. The Kier molecular flexibility index (Phi) is 17.9. The number of hydrogen-bond acceptors (Lipinski definition) is 3. The van der Waals surface area contributed by atoms with Crippen LogP contribution in [0.2, 0.25) is 0 Å². The Morgan fingerprint density at radius 3 is 1.35 bits per heavy atom. The van der Waals surface area contributed by atoms with Crippen molar-refractivity contribution in [2.24, 2.45) is 5.73 Å². The molecule has 3 nitrogen and oxygen atoms in total. The molecular weight excluding hydrogens is 450 g/mol. The van der Waals surface area contributed by atoms with Gasteiger partial charge in [0.25, 0.3) is 0 Å². The van der Waals surface area contributed by atoms with Gasteiger partial charge in [0.15, 0.2) is 0 Å². The smallest absolute Gasteiger partial charge is 0.0823 e. The van der Waals surface area contributed by atoms with E-state index in [2.05, 4.69) is 42.5 Å². The standard InChI is InChI=1S/C10H13N.C10H9N.C8H7N.3C2H6/c2*11-8-10(6-7-10)9-4-2-1-3-5-9;9-7-6-8-4-2-1-3-5-8;3*1-2/h1-5H,6-8,11H2;1-5H,6-7H2;1-5H,6H2;3*1-2H3. The van der Waals surface area contributed by atoms with E-state index in [1.54, 1.807) is 0 Å². The quantitative estimate of drug-likeness (QED) is 0.391. The van der Waals surface area contributed by atoms with E-state index in [4.69, 9.17) is 16.3 Å². The van der Waals surface area contributed by atoms with Crippen LogP contribution in [0.3, 0.4) is 0 Å². The van der Waals surface area contributed by atoms with Gasteiger partial charge in [-0.1, -0.05) is 133 Å². The Balaban J connectivity index is 0.000000479. The zero-order valence-corrected chi connectivity index (χ0v) is 23.9. The summed E-state index contributed by atoms with van der Waals surface area (Å²) in [5.74, 6) is 0. The number of nitrogens with two attached hydrogens (primary N) is 1. The van der Waals surface area contributed by atoms with Crippen molar-refractivity contribution in [1.82, 2.24) is 0 Å². The topological polar surface area (TPSA) is 73.6 Å². The number of benzene rings is 3. The van der Waals surface area contributed by atoms with Crippen molar-refractivity contribution in [1.29, 1.82) is 10.5 Å². The number of hydrogen-bond donors (Lipinski definition) is 1. The molecule has 0 unspecified atom stereocenters. The fourth-order valence-electron chi connectivity index (χ4n) is 3.59. The van der Waals surface area contributed by atoms with Gasteiger partial charge in [-0.15, -0.1) is 0 Å². The SMILES string of the molecule is CC.CC.CC.N#CC1(c2ccccc2)CC1.N#CCc1ccccc1.NCC1(c2ccccc2)CC1. The molecule has 3 aromatic carbocycles. The highest BCUT2D eigenvalue weighted by molar-refractivity contribution is 5.38. The fraction of sp³-hybridized carbons (Fsp3) is 0.412. The molecule has 0 heterocycles. The van der Waals surface area contributed by atoms with Crippen molar-refractivity contribution in [3.8, 4) is 12.1 Å². The Morgan fingerprint density at radius 2 is 1.03 bits per heavy atom. The van der Waals surface area contributed by atoms with E-state index in [0.717, 1.165) is 24.9 Å².